The van der Waals surface area contributed by atoms with Gasteiger partial charge in [0.1, 0.15) is 5.82 Å². The highest BCUT2D eigenvalue weighted by Gasteiger charge is 2.37. The number of rotatable bonds is 5. The summed E-state index contributed by atoms with van der Waals surface area (Å²) in [6, 6.07) is 20.7. The number of hydrogen-bond acceptors (Lipinski definition) is 4. The molecule has 1 saturated heterocycles. The van der Waals surface area contributed by atoms with E-state index in [2.05, 4.69) is 4.98 Å². The summed E-state index contributed by atoms with van der Waals surface area (Å²) in [6.07, 6.45) is 3.37. The Labute approximate surface area is 172 Å². The second kappa shape index (κ2) is 7.97. The lowest BCUT2D eigenvalue weighted by Gasteiger charge is -2.28. The van der Waals surface area contributed by atoms with Crippen LogP contribution in [0.3, 0.4) is 0 Å². The van der Waals surface area contributed by atoms with E-state index in [9.17, 15) is 8.42 Å². The molecule has 1 atom stereocenters. The summed E-state index contributed by atoms with van der Waals surface area (Å²) in [7, 11) is -1.61. The maximum absolute atomic E-state index is 13.4. The Morgan fingerprint density at radius 1 is 1.00 bits per heavy atom. The van der Waals surface area contributed by atoms with Crippen LogP contribution in [-0.4, -0.2) is 31.3 Å². The first-order valence-corrected chi connectivity index (χ1v) is 11.2. The van der Waals surface area contributed by atoms with Crippen LogP contribution in [-0.2, 0) is 10.0 Å². The number of aryl methyl sites for hydroxylation is 1. The number of pyridine rings is 1. The summed E-state index contributed by atoms with van der Waals surface area (Å²) in [5, 5.41) is 0. The molecule has 1 fully saturated rings. The number of sulfonamides is 1. The van der Waals surface area contributed by atoms with Gasteiger partial charge >= 0.3 is 0 Å². The van der Waals surface area contributed by atoms with E-state index in [1.807, 2.05) is 73.5 Å². The summed E-state index contributed by atoms with van der Waals surface area (Å²) < 4.78 is 28.4. The van der Waals surface area contributed by atoms with Crippen LogP contribution in [0.1, 0.15) is 30.0 Å². The fourth-order valence-corrected chi connectivity index (χ4v) is 5.58. The Morgan fingerprint density at radius 3 is 2.45 bits per heavy atom. The van der Waals surface area contributed by atoms with Gasteiger partial charge in [-0.25, -0.2) is 13.4 Å². The van der Waals surface area contributed by atoms with Crippen LogP contribution in [0, 0.1) is 6.92 Å². The molecular weight excluding hydrogens is 382 g/mol. The van der Waals surface area contributed by atoms with Gasteiger partial charge in [0.25, 0.3) is 0 Å². The van der Waals surface area contributed by atoms with Gasteiger partial charge in [-0.05, 0) is 50.1 Å². The van der Waals surface area contributed by atoms with Crippen LogP contribution in [0.5, 0.6) is 0 Å². The predicted molar refractivity (Wildman–Crippen MR) is 116 cm³/mol. The van der Waals surface area contributed by atoms with Crippen molar-refractivity contribution in [2.75, 3.05) is 18.5 Å². The number of benzene rings is 2. The first-order valence-electron chi connectivity index (χ1n) is 9.81. The van der Waals surface area contributed by atoms with Crippen LogP contribution >= 0.6 is 0 Å². The molecule has 1 aromatic heterocycles. The molecule has 6 heteroatoms. The van der Waals surface area contributed by atoms with Crippen molar-refractivity contribution in [1.29, 1.82) is 0 Å². The second-order valence-electron chi connectivity index (χ2n) is 7.40. The molecule has 0 unspecified atom stereocenters. The Kier molecular flexibility index (Phi) is 5.39. The van der Waals surface area contributed by atoms with Gasteiger partial charge in [0, 0.05) is 31.0 Å². The molecule has 4 rings (SSSR count). The van der Waals surface area contributed by atoms with E-state index in [4.69, 9.17) is 0 Å². The molecule has 0 N–H and O–H groups in total. The minimum Gasteiger partial charge on any atom is -0.329 e. The van der Waals surface area contributed by atoms with Crippen LogP contribution < -0.4 is 4.90 Å². The molecule has 2 heterocycles. The van der Waals surface area contributed by atoms with E-state index in [1.54, 1.807) is 22.6 Å². The summed E-state index contributed by atoms with van der Waals surface area (Å²) >= 11 is 0. The van der Waals surface area contributed by atoms with Gasteiger partial charge in [-0.15, -0.1) is 0 Å². The Bertz CT molecular complexity index is 1080. The fourth-order valence-electron chi connectivity index (χ4n) is 3.91. The highest BCUT2D eigenvalue weighted by molar-refractivity contribution is 7.89. The van der Waals surface area contributed by atoms with Gasteiger partial charge in [0.2, 0.25) is 10.0 Å². The highest BCUT2D eigenvalue weighted by atomic mass is 32.2. The Balaban J connectivity index is 1.72. The van der Waals surface area contributed by atoms with Crippen molar-refractivity contribution in [3.05, 3.63) is 84.1 Å². The molecule has 1 aliphatic heterocycles. The molecule has 0 aliphatic carbocycles. The topological polar surface area (TPSA) is 53.5 Å². The van der Waals surface area contributed by atoms with Crippen LogP contribution in [0.2, 0.25) is 0 Å². The maximum Gasteiger partial charge on any atom is 0.243 e. The number of para-hydroxylation sites is 1. The molecule has 150 valence electrons. The van der Waals surface area contributed by atoms with Crippen molar-refractivity contribution >= 4 is 21.5 Å². The lowest BCUT2D eigenvalue weighted by Crippen LogP contribution is -2.31. The van der Waals surface area contributed by atoms with Gasteiger partial charge in [0.15, 0.2) is 0 Å². The number of nitrogens with zero attached hydrogens (tertiary/aromatic N) is 3. The standard InChI is InChI=1S/C23H25N3O2S/c1-18-12-14-20(15-13-18)29(27,28)26-17-7-11-22(26)21-10-6-16-24-23(21)25(2)19-8-4-3-5-9-19/h3-6,8-10,12-16,22H,7,11,17H2,1-2H3/t22-/m1/s1. The third-order valence-electron chi connectivity index (χ3n) is 5.47. The zero-order valence-electron chi connectivity index (χ0n) is 16.7. The van der Waals surface area contributed by atoms with Gasteiger partial charge in [0.05, 0.1) is 10.9 Å². The highest BCUT2D eigenvalue weighted by Crippen LogP contribution is 2.40. The SMILES string of the molecule is Cc1ccc(S(=O)(=O)N2CCC[C@@H]2c2cccnc2N(C)c2ccccc2)cc1. The molecule has 1 aliphatic rings. The second-order valence-corrected chi connectivity index (χ2v) is 9.29. The summed E-state index contributed by atoms with van der Waals surface area (Å²) in [4.78, 5) is 6.97. The number of aromatic nitrogens is 1. The Hall–Kier alpha value is -2.70. The molecule has 0 spiro atoms. The average molecular weight is 408 g/mol. The molecule has 0 amide bonds. The quantitative estimate of drug-likeness (QED) is 0.616. The van der Waals surface area contributed by atoms with E-state index < -0.39 is 10.0 Å². The predicted octanol–water partition coefficient (Wildman–Crippen LogP) is 4.68. The van der Waals surface area contributed by atoms with E-state index in [0.29, 0.717) is 11.4 Å². The molecule has 2 aromatic carbocycles. The van der Waals surface area contributed by atoms with Crippen molar-refractivity contribution in [2.45, 2.75) is 30.7 Å². The number of anilines is 2. The maximum atomic E-state index is 13.4. The molecule has 5 nitrogen and oxygen atoms in total. The van der Waals surface area contributed by atoms with Gasteiger partial charge < -0.3 is 4.90 Å². The third kappa shape index (κ3) is 3.78. The molecule has 3 aromatic rings. The first-order chi connectivity index (χ1) is 14.0. The van der Waals surface area contributed by atoms with Crippen LogP contribution in [0.25, 0.3) is 0 Å². The van der Waals surface area contributed by atoms with Crippen molar-refractivity contribution in [1.82, 2.24) is 9.29 Å². The van der Waals surface area contributed by atoms with E-state index in [-0.39, 0.29) is 6.04 Å². The van der Waals surface area contributed by atoms with E-state index in [1.165, 1.54) is 0 Å². The molecule has 0 radical (unpaired) electrons. The largest absolute Gasteiger partial charge is 0.329 e. The molecule has 0 bridgehead atoms. The molecular formula is C23H25N3O2S. The molecule has 0 saturated carbocycles. The van der Waals surface area contributed by atoms with Crippen molar-refractivity contribution in [2.24, 2.45) is 0 Å². The van der Waals surface area contributed by atoms with Crippen molar-refractivity contribution in [3.63, 3.8) is 0 Å². The summed E-state index contributed by atoms with van der Waals surface area (Å²) in [5.74, 6) is 0.787. The van der Waals surface area contributed by atoms with E-state index in [0.717, 1.165) is 35.5 Å². The first kappa shape index (κ1) is 19.6. The van der Waals surface area contributed by atoms with Crippen molar-refractivity contribution < 1.29 is 8.42 Å². The Morgan fingerprint density at radius 2 is 1.72 bits per heavy atom. The minimum atomic E-state index is -3.57. The minimum absolute atomic E-state index is 0.226. The van der Waals surface area contributed by atoms with E-state index >= 15 is 0 Å². The number of hydrogen-bond donors (Lipinski definition) is 0. The monoisotopic (exact) mass is 407 g/mol. The normalized spacial score (nSPS) is 17.4. The van der Waals surface area contributed by atoms with Crippen molar-refractivity contribution in [3.8, 4) is 0 Å². The molecule has 29 heavy (non-hydrogen) atoms. The summed E-state index contributed by atoms with van der Waals surface area (Å²) in [6.45, 7) is 2.47. The average Bonchev–Trinajstić information content (AvgIpc) is 3.25. The van der Waals surface area contributed by atoms with Gasteiger partial charge in [-0.2, -0.15) is 4.31 Å². The zero-order chi connectivity index (χ0) is 20.4. The van der Waals surface area contributed by atoms with Crippen LogP contribution in [0.4, 0.5) is 11.5 Å². The van der Waals surface area contributed by atoms with Gasteiger partial charge in [-0.1, -0.05) is 42.0 Å². The van der Waals surface area contributed by atoms with Crippen LogP contribution in [0.15, 0.2) is 77.8 Å². The lowest BCUT2D eigenvalue weighted by atomic mass is 10.1. The zero-order valence-corrected chi connectivity index (χ0v) is 17.5. The third-order valence-corrected chi connectivity index (χ3v) is 7.39. The smallest absolute Gasteiger partial charge is 0.243 e. The van der Waals surface area contributed by atoms with Gasteiger partial charge in [-0.3, -0.25) is 0 Å². The lowest BCUT2D eigenvalue weighted by molar-refractivity contribution is 0.396. The summed E-state index contributed by atoms with van der Waals surface area (Å²) in [5.41, 5.74) is 2.99. The fraction of sp³-hybridized carbons (Fsp3) is 0.261.